The van der Waals surface area contributed by atoms with E-state index in [1.165, 1.54) is 6.42 Å². The van der Waals surface area contributed by atoms with E-state index in [2.05, 4.69) is 18.2 Å². The molecule has 1 aliphatic rings. The first-order chi connectivity index (χ1) is 6.77. The van der Waals surface area contributed by atoms with Gasteiger partial charge in [0.1, 0.15) is 0 Å². The molecule has 0 saturated heterocycles. The van der Waals surface area contributed by atoms with Crippen LogP contribution in [0.2, 0.25) is 0 Å². The second-order valence-corrected chi connectivity index (χ2v) is 4.13. The Labute approximate surface area is 87.1 Å². The van der Waals surface area contributed by atoms with Crippen molar-refractivity contribution >= 4 is 0 Å². The fraction of sp³-hybridized carbons (Fsp3) is 0.833. The summed E-state index contributed by atoms with van der Waals surface area (Å²) in [6, 6.07) is 0.356. The zero-order valence-corrected chi connectivity index (χ0v) is 9.00. The van der Waals surface area contributed by atoms with Crippen LogP contribution in [0.3, 0.4) is 0 Å². The third-order valence-electron chi connectivity index (χ3n) is 2.92. The monoisotopic (exact) mass is 195 g/mol. The van der Waals surface area contributed by atoms with Crippen molar-refractivity contribution in [3.05, 3.63) is 0 Å². The van der Waals surface area contributed by atoms with Crippen LogP contribution in [0.15, 0.2) is 0 Å². The molecule has 0 spiro atoms. The SMILES string of the molecule is C#CC(CCC)N[C@H]1CCCC[C@@H]1O. The van der Waals surface area contributed by atoms with Gasteiger partial charge in [0, 0.05) is 6.04 Å². The molecule has 1 aliphatic carbocycles. The van der Waals surface area contributed by atoms with Gasteiger partial charge in [-0.3, -0.25) is 5.32 Å². The summed E-state index contributed by atoms with van der Waals surface area (Å²) >= 11 is 0. The summed E-state index contributed by atoms with van der Waals surface area (Å²) in [5.41, 5.74) is 0. The highest BCUT2D eigenvalue weighted by Crippen LogP contribution is 2.19. The summed E-state index contributed by atoms with van der Waals surface area (Å²) in [5, 5.41) is 13.1. The molecule has 0 amide bonds. The molecular weight excluding hydrogens is 174 g/mol. The first-order valence-electron chi connectivity index (χ1n) is 5.68. The normalized spacial score (nSPS) is 29.5. The van der Waals surface area contributed by atoms with E-state index < -0.39 is 0 Å². The first kappa shape index (κ1) is 11.6. The van der Waals surface area contributed by atoms with Crippen LogP contribution in [0.5, 0.6) is 0 Å². The van der Waals surface area contributed by atoms with Crippen LogP contribution in [-0.2, 0) is 0 Å². The predicted octanol–water partition coefficient (Wildman–Crippen LogP) is 1.68. The number of aliphatic hydroxyl groups excluding tert-OH is 1. The number of hydrogen-bond donors (Lipinski definition) is 2. The number of hydrogen-bond acceptors (Lipinski definition) is 2. The zero-order chi connectivity index (χ0) is 10.4. The first-order valence-corrected chi connectivity index (χ1v) is 5.68. The van der Waals surface area contributed by atoms with Gasteiger partial charge in [-0.1, -0.05) is 32.1 Å². The highest BCUT2D eigenvalue weighted by molar-refractivity contribution is 5.00. The van der Waals surface area contributed by atoms with Gasteiger partial charge >= 0.3 is 0 Å². The summed E-state index contributed by atoms with van der Waals surface area (Å²) in [7, 11) is 0. The molecule has 0 heterocycles. The van der Waals surface area contributed by atoms with E-state index in [9.17, 15) is 5.11 Å². The number of rotatable bonds is 4. The van der Waals surface area contributed by atoms with Crippen LogP contribution < -0.4 is 5.32 Å². The molecule has 0 aromatic rings. The molecule has 80 valence electrons. The van der Waals surface area contributed by atoms with Crippen molar-refractivity contribution in [3.63, 3.8) is 0 Å². The van der Waals surface area contributed by atoms with E-state index in [1.54, 1.807) is 0 Å². The summed E-state index contributed by atoms with van der Waals surface area (Å²) in [6.45, 7) is 2.13. The van der Waals surface area contributed by atoms with Crippen LogP contribution in [0.1, 0.15) is 45.4 Å². The van der Waals surface area contributed by atoms with Crippen LogP contribution in [0.25, 0.3) is 0 Å². The molecule has 0 bridgehead atoms. The predicted molar refractivity (Wildman–Crippen MR) is 58.9 cm³/mol. The van der Waals surface area contributed by atoms with E-state index in [0.717, 1.165) is 32.1 Å². The number of nitrogens with one attached hydrogen (secondary N) is 1. The minimum atomic E-state index is -0.198. The van der Waals surface area contributed by atoms with Crippen molar-refractivity contribution in [2.24, 2.45) is 0 Å². The Bertz CT molecular complexity index is 197. The topological polar surface area (TPSA) is 32.3 Å². The Morgan fingerprint density at radius 2 is 2.21 bits per heavy atom. The molecule has 0 aromatic heterocycles. The van der Waals surface area contributed by atoms with Gasteiger partial charge in [0.2, 0.25) is 0 Å². The quantitative estimate of drug-likeness (QED) is 0.669. The maximum absolute atomic E-state index is 9.75. The third-order valence-corrected chi connectivity index (χ3v) is 2.92. The molecule has 1 unspecified atom stereocenters. The van der Waals surface area contributed by atoms with Gasteiger partial charge in [-0.15, -0.1) is 6.42 Å². The van der Waals surface area contributed by atoms with E-state index in [1.807, 2.05) is 0 Å². The average Bonchev–Trinajstić information content (AvgIpc) is 2.20. The van der Waals surface area contributed by atoms with Gasteiger partial charge in [0.05, 0.1) is 12.1 Å². The van der Waals surface area contributed by atoms with Crippen molar-refractivity contribution in [1.82, 2.24) is 5.32 Å². The van der Waals surface area contributed by atoms with Gasteiger partial charge in [-0.05, 0) is 19.3 Å². The van der Waals surface area contributed by atoms with Gasteiger partial charge in [0.25, 0.3) is 0 Å². The molecule has 0 aromatic carbocycles. The minimum Gasteiger partial charge on any atom is -0.392 e. The van der Waals surface area contributed by atoms with Crippen molar-refractivity contribution in [2.75, 3.05) is 0 Å². The van der Waals surface area contributed by atoms with E-state index in [4.69, 9.17) is 6.42 Å². The standard InChI is InChI=1S/C12H21NO/c1-3-7-10(4-2)13-11-8-5-6-9-12(11)14/h2,10-14H,3,5-9H2,1H3/t10?,11-,12-/m0/s1. The fourth-order valence-corrected chi connectivity index (χ4v) is 2.07. The summed E-state index contributed by atoms with van der Waals surface area (Å²) in [4.78, 5) is 0. The lowest BCUT2D eigenvalue weighted by molar-refractivity contribution is 0.0876. The van der Waals surface area contributed by atoms with Gasteiger partial charge in [0.15, 0.2) is 0 Å². The Kier molecular flexibility index (Phi) is 5.00. The molecule has 1 rings (SSSR count). The molecule has 2 heteroatoms. The molecule has 1 fully saturated rings. The van der Waals surface area contributed by atoms with E-state index in [-0.39, 0.29) is 18.2 Å². The van der Waals surface area contributed by atoms with Crippen LogP contribution >= 0.6 is 0 Å². The Morgan fingerprint density at radius 3 is 2.79 bits per heavy atom. The van der Waals surface area contributed by atoms with Gasteiger partial charge in [-0.2, -0.15) is 0 Å². The third kappa shape index (κ3) is 3.32. The fourth-order valence-electron chi connectivity index (χ4n) is 2.07. The van der Waals surface area contributed by atoms with Crippen LogP contribution in [0.4, 0.5) is 0 Å². The zero-order valence-electron chi connectivity index (χ0n) is 9.00. The molecule has 3 atom stereocenters. The van der Waals surface area contributed by atoms with Crippen LogP contribution in [0, 0.1) is 12.3 Å². The Balaban J connectivity index is 2.36. The minimum absolute atomic E-state index is 0.137. The van der Waals surface area contributed by atoms with Gasteiger partial charge < -0.3 is 5.11 Å². The smallest absolute Gasteiger partial charge is 0.0693 e. The number of terminal acetylenes is 1. The molecule has 0 radical (unpaired) electrons. The van der Waals surface area contributed by atoms with Crippen molar-refractivity contribution in [1.29, 1.82) is 0 Å². The second kappa shape index (κ2) is 6.06. The second-order valence-electron chi connectivity index (χ2n) is 4.13. The van der Waals surface area contributed by atoms with Gasteiger partial charge in [-0.25, -0.2) is 0 Å². The lowest BCUT2D eigenvalue weighted by Crippen LogP contribution is -2.46. The maximum atomic E-state index is 9.75. The lowest BCUT2D eigenvalue weighted by atomic mass is 9.92. The highest BCUT2D eigenvalue weighted by Gasteiger charge is 2.24. The van der Waals surface area contributed by atoms with Crippen molar-refractivity contribution < 1.29 is 5.11 Å². The largest absolute Gasteiger partial charge is 0.392 e. The molecule has 14 heavy (non-hydrogen) atoms. The molecule has 2 nitrogen and oxygen atoms in total. The van der Waals surface area contributed by atoms with Crippen molar-refractivity contribution in [3.8, 4) is 12.3 Å². The Morgan fingerprint density at radius 1 is 1.50 bits per heavy atom. The highest BCUT2D eigenvalue weighted by atomic mass is 16.3. The maximum Gasteiger partial charge on any atom is 0.0693 e. The van der Waals surface area contributed by atoms with Crippen LogP contribution in [-0.4, -0.2) is 23.3 Å². The molecule has 2 N–H and O–H groups in total. The number of aliphatic hydroxyl groups is 1. The van der Waals surface area contributed by atoms with E-state index in [0.29, 0.717) is 0 Å². The van der Waals surface area contributed by atoms with Crippen molar-refractivity contribution in [2.45, 2.75) is 63.6 Å². The lowest BCUT2D eigenvalue weighted by Gasteiger charge is -2.30. The average molecular weight is 195 g/mol. The summed E-state index contributed by atoms with van der Waals surface area (Å²) in [5.74, 6) is 2.75. The molecule has 0 aliphatic heterocycles. The van der Waals surface area contributed by atoms with E-state index >= 15 is 0 Å². The molecular formula is C12H21NO. The Hall–Kier alpha value is -0.520. The summed E-state index contributed by atoms with van der Waals surface area (Å²) in [6.07, 6.45) is 11.6. The summed E-state index contributed by atoms with van der Waals surface area (Å²) < 4.78 is 0. The molecule has 1 saturated carbocycles.